The van der Waals surface area contributed by atoms with E-state index in [9.17, 15) is 0 Å². The number of rotatable bonds is 3. The van der Waals surface area contributed by atoms with Gasteiger partial charge in [0.1, 0.15) is 11.2 Å². The normalized spacial score (nSPS) is 19.8. The Morgan fingerprint density at radius 2 is 1.43 bits per heavy atom. The van der Waals surface area contributed by atoms with E-state index in [1.165, 1.54) is 72.8 Å². The van der Waals surface area contributed by atoms with E-state index in [1.807, 2.05) is 6.07 Å². The zero-order chi connectivity index (χ0) is 27.6. The van der Waals surface area contributed by atoms with Crippen molar-refractivity contribution in [3.8, 4) is 22.3 Å². The minimum atomic E-state index is 0.563. The molecule has 42 heavy (non-hydrogen) atoms. The van der Waals surface area contributed by atoms with Crippen molar-refractivity contribution in [3.05, 3.63) is 143 Å². The SMILES string of the molecule is C1=CCC=C(c2ccccc2-c2c3c(c(-c4ccc5c(c4)oc4ccccc45)c4c2C2CC2C=C4)C=CCC=C3)C=C1. The Bertz CT molecular complexity index is 2120. The fourth-order valence-electron chi connectivity index (χ4n) is 7.38. The molecule has 2 atom stereocenters. The summed E-state index contributed by atoms with van der Waals surface area (Å²) in [6.07, 6.45) is 28.5. The standard InChI is InChI=1S/C41H30O/c1-2-5-13-26(12-4-1)29-14-8-9-18-32(29)40-34-17-7-3-6-16-33(34)39(35-23-20-27-24-36(27)41(35)40)28-21-22-31-30-15-10-11-19-37(30)42-38(31)25-28/h1-2,4,6-23,25,27,36H,3,5,24H2. The van der Waals surface area contributed by atoms with Crippen molar-refractivity contribution in [3.63, 3.8) is 0 Å². The van der Waals surface area contributed by atoms with Gasteiger partial charge in [-0.2, -0.15) is 0 Å². The minimum absolute atomic E-state index is 0.563. The topological polar surface area (TPSA) is 13.1 Å². The third-order valence-corrected chi connectivity index (χ3v) is 9.39. The van der Waals surface area contributed by atoms with Crippen LogP contribution in [0.5, 0.6) is 0 Å². The van der Waals surface area contributed by atoms with Gasteiger partial charge in [0.15, 0.2) is 0 Å². The van der Waals surface area contributed by atoms with Gasteiger partial charge >= 0.3 is 0 Å². The quantitative estimate of drug-likeness (QED) is 0.223. The Hall–Kier alpha value is -4.88. The van der Waals surface area contributed by atoms with Gasteiger partial charge in [-0.25, -0.2) is 0 Å². The van der Waals surface area contributed by atoms with E-state index in [0.717, 1.165) is 24.0 Å². The molecule has 1 fully saturated rings. The Kier molecular flexibility index (Phi) is 5.28. The molecule has 0 amide bonds. The highest BCUT2D eigenvalue weighted by atomic mass is 16.3. The molecule has 0 aliphatic heterocycles. The van der Waals surface area contributed by atoms with E-state index in [0.29, 0.717) is 11.8 Å². The van der Waals surface area contributed by atoms with Crippen LogP contribution in [0.15, 0.2) is 120 Å². The van der Waals surface area contributed by atoms with Crippen LogP contribution in [-0.4, -0.2) is 0 Å². The van der Waals surface area contributed by atoms with Crippen LogP contribution in [0, 0.1) is 5.92 Å². The molecule has 9 rings (SSSR count). The Balaban J connectivity index is 1.35. The molecule has 4 aromatic carbocycles. The Labute approximate surface area is 246 Å². The highest BCUT2D eigenvalue weighted by Gasteiger charge is 2.43. The van der Waals surface area contributed by atoms with Crippen LogP contribution in [0.1, 0.15) is 53.0 Å². The molecule has 1 heteroatoms. The molecule has 0 saturated heterocycles. The molecular formula is C41H30O. The summed E-state index contributed by atoms with van der Waals surface area (Å²) >= 11 is 0. The molecule has 1 nitrogen and oxygen atoms in total. The maximum atomic E-state index is 6.38. The summed E-state index contributed by atoms with van der Waals surface area (Å²) in [6.45, 7) is 0. The zero-order valence-electron chi connectivity index (χ0n) is 23.4. The number of furan rings is 1. The summed E-state index contributed by atoms with van der Waals surface area (Å²) in [5, 5.41) is 2.35. The van der Waals surface area contributed by atoms with Crippen molar-refractivity contribution in [1.29, 1.82) is 0 Å². The lowest BCUT2D eigenvalue weighted by Gasteiger charge is -2.27. The van der Waals surface area contributed by atoms with Crippen LogP contribution in [0.3, 0.4) is 0 Å². The summed E-state index contributed by atoms with van der Waals surface area (Å²) in [5.74, 6) is 1.20. The molecule has 0 bridgehead atoms. The average Bonchev–Trinajstić information content (AvgIpc) is 3.82. The third kappa shape index (κ3) is 3.63. The summed E-state index contributed by atoms with van der Waals surface area (Å²) in [6, 6.07) is 24.2. The first-order valence-electron chi connectivity index (χ1n) is 15.1. The number of fused-ring (bicyclic) bond motifs is 7. The highest BCUT2D eigenvalue weighted by molar-refractivity contribution is 6.07. The molecule has 1 heterocycles. The first kappa shape index (κ1) is 23.8. The molecular weight excluding hydrogens is 508 g/mol. The van der Waals surface area contributed by atoms with Crippen molar-refractivity contribution in [1.82, 2.24) is 0 Å². The van der Waals surface area contributed by atoms with Crippen LogP contribution in [0.4, 0.5) is 0 Å². The van der Waals surface area contributed by atoms with Crippen LogP contribution < -0.4 is 0 Å². The van der Waals surface area contributed by atoms with E-state index in [1.54, 1.807) is 0 Å². The van der Waals surface area contributed by atoms with Crippen molar-refractivity contribution in [2.45, 2.75) is 25.2 Å². The van der Waals surface area contributed by atoms with Gasteiger partial charge in [0.05, 0.1) is 0 Å². The molecule has 0 radical (unpaired) electrons. The van der Waals surface area contributed by atoms with E-state index >= 15 is 0 Å². The molecule has 1 aromatic heterocycles. The molecule has 5 aromatic rings. The second-order valence-electron chi connectivity index (χ2n) is 11.8. The minimum Gasteiger partial charge on any atom is -0.456 e. The van der Waals surface area contributed by atoms with Crippen LogP contribution >= 0.6 is 0 Å². The van der Waals surface area contributed by atoms with E-state index in [-0.39, 0.29) is 0 Å². The number of para-hydroxylation sites is 1. The number of hydrogen-bond donors (Lipinski definition) is 0. The second-order valence-corrected chi connectivity index (χ2v) is 11.8. The lowest BCUT2D eigenvalue weighted by molar-refractivity contribution is 0.669. The predicted molar refractivity (Wildman–Crippen MR) is 178 cm³/mol. The molecule has 1 saturated carbocycles. The summed E-state index contributed by atoms with van der Waals surface area (Å²) in [5.41, 5.74) is 15.3. The molecule has 200 valence electrons. The maximum absolute atomic E-state index is 6.38. The van der Waals surface area contributed by atoms with Gasteiger partial charge in [-0.1, -0.05) is 115 Å². The summed E-state index contributed by atoms with van der Waals surface area (Å²) in [4.78, 5) is 0. The summed E-state index contributed by atoms with van der Waals surface area (Å²) < 4.78 is 6.38. The Morgan fingerprint density at radius 1 is 0.619 bits per heavy atom. The first-order chi connectivity index (χ1) is 20.8. The fourth-order valence-corrected chi connectivity index (χ4v) is 7.38. The van der Waals surface area contributed by atoms with Gasteiger partial charge in [-0.15, -0.1) is 0 Å². The molecule has 2 unspecified atom stereocenters. The number of allylic oxidation sites excluding steroid dienone is 9. The van der Waals surface area contributed by atoms with Crippen molar-refractivity contribution < 1.29 is 4.42 Å². The van der Waals surface area contributed by atoms with Crippen molar-refractivity contribution in [2.75, 3.05) is 0 Å². The highest BCUT2D eigenvalue weighted by Crippen LogP contribution is 2.59. The molecule has 0 spiro atoms. The summed E-state index contributed by atoms with van der Waals surface area (Å²) in [7, 11) is 0. The zero-order valence-corrected chi connectivity index (χ0v) is 23.4. The lowest BCUT2D eigenvalue weighted by atomic mass is 9.76. The fraction of sp³-hybridized carbons (Fsp3) is 0.122. The van der Waals surface area contributed by atoms with Crippen molar-refractivity contribution >= 4 is 45.7 Å². The lowest BCUT2D eigenvalue weighted by Crippen LogP contribution is -2.06. The third-order valence-electron chi connectivity index (χ3n) is 9.39. The number of hydrogen-bond acceptors (Lipinski definition) is 1. The van der Waals surface area contributed by atoms with Crippen molar-refractivity contribution in [2.24, 2.45) is 5.92 Å². The second kappa shape index (κ2) is 9.33. The smallest absolute Gasteiger partial charge is 0.136 e. The first-order valence-corrected chi connectivity index (χ1v) is 15.1. The van der Waals surface area contributed by atoms with Crippen LogP contribution in [0.25, 0.3) is 68.0 Å². The largest absolute Gasteiger partial charge is 0.456 e. The maximum Gasteiger partial charge on any atom is 0.136 e. The Morgan fingerprint density at radius 3 is 2.36 bits per heavy atom. The van der Waals surface area contributed by atoms with E-state index < -0.39 is 0 Å². The van der Waals surface area contributed by atoms with E-state index in [4.69, 9.17) is 4.42 Å². The molecule has 4 aliphatic rings. The van der Waals surface area contributed by atoms with Crippen LogP contribution in [-0.2, 0) is 0 Å². The predicted octanol–water partition coefficient (Wildman–Crippen LogP) is 11.4. The average molecular weight is 539 g/mol. The monoisotopic (exact) mass is 538 g/mol. The van der Waals surface area contributed by atoms with Gasteiger partial charge in [0, 0.05) is 10.8 Å². The van der Waals surface area contributed by atoms with Gasteiger partial charge in [-0.05, 0) is 105 Å². The molecule has 4 aliphatic carbocycles. The van der Waals surface area contributed by atoms with Gasteiger partial charge in [-0.3, -0.25) is 0 Å². The van der Waals surface area contributed by atoms with Gasteiger partial charge in [0.25, 0.3) is 0 Å². The van der Waals surface area contributed by atoms with Gasteiger partial charge in [0.2, 0.25) is 0 Å². The van der Waals surface area contributed by atoms with E-state index in [2.05, 4.69) is 127 Å². The van der Waals surface area contributed by atoms with Crippen LogP contribution in [0.2, 0.25) is 0 Å². The van der Waals surface area contributed by atoms with Gasteiger partial charge < -0.3 is 4.42 Å². The number of benzene rings is 4. The molecule has 0 N–H and O–H groups in total.